The first kappa shape index (κ1) is 11.3. The average molecular weight is 240 g/mol. The molecule has 0 saturated heterocycles. The lowest BCUT2D eigenvalue weighted by Crippen LogP contribution is -2.30. The van der Waals surface area contributed by atoms with Crippen LogP contribution in [0, 0.1) is 0 Å². The first-order valence-electron chi connectivity index (χ1n) is 5.92. The Morgan fingerprint density at radius 3 is 2.89 bits per heavy atom. The Morgan fingerprint density at radius 1 is 1.28 bits per heavy atom. The second-order valence-electron chi connectivity index (χ2n) is 4.53. The third kappa shape index (κ3) is 1.70. The van der Waals surface area contributed by atoms with E-state index >= 15 is 0 Å². The molecule has 90 valence electrons. The van der Waals surface area contributed by atoms with E-state index in [-0.39, 0.29) is 0 Å². The van der Waals surface area contributed by atoms with E-state index in [1.54, 1.807) is 12.1 Å². The second-order valence-corrected chi connectivity index (χ2v) is 4.53. The van der Waals surface area contributed by atoms with Gasteiger partial charge in [-0.15, -0.1) is 0 Å². The summed E-state index contributed by atoms with van der Waals surface area (Å²) < 4.78 is 5.79. The van der Waals surface area contributed by atoms with E-state index in [1.807, 2.05) is 25.1 Å². The zero-order chi connectivity index (χ0) is 12.7. The fourth-order valence-corrected chi connectivity index (χ4v) is 2.40. The summed E-state index contributed by atoms with van der Waals surface area (Å²) in [5.41, 5.74) is 3.27. The zero-order valence-corrected chi connectivity index (χ0v) is 10.1. The van der Waals surface area contributed by atoms with Crippen molar-refractivity contribution >= 4 is 29.6 Å². The number of hydrogen-bond donors (Lipinski definition) is 2. The van der Waals surface area contributed by atoms with Crippen molar-refractivity contribution in [2.24, 2.45) is 0 Å². The number of furan rings is 1. The second kappa shape index (κ2) is 4.16. The van der Waals surface area contributed by atoms with Crippen molar-refractivity contribution in [3.63, 3.8) is 0 Å². The molecule has 1 aliphatic carbocycles. The lowest BCUT2D eigenvalue weighted by atomic mass is 9.77. The summed E-state index contributed by atoms with van der Waals surface area (Å²) in [5.74, 6) is 0.867. The standard InChI is InChI=1S/C14H13BO3/c1-9-4-2-6-12-10(8-9)14-11(15(16)17)5-3-7-13(14)18-12/h2-5,7-8,16-17H,6H2,1H3. The number of benzene rings is 1. The maximum atomic E-state index is 9.46. The summed E-state index contributed by atoms with van der Waals surface area (Å²) in [7, 11) is -1.49. The van der Waals surface area contributed by atoms with Crippen molar-refractivity contribution in [3.8, 4) is 0 Å². The summed E-state index contributed by atoms with van der Waals surface area (Å²) in [6, 6.07) is 5.33. The molecule has 3 nitrogen and oxygen atoms in total. The normalized spacial score (nSPS) is 14.3. The Morgan fingerprint density at radius 2 is 2.11 bits per heavy atom. The molecule has 1 aromatic carbocycles. The van der Waals surface area contributed by atoms with Gasteiger partial charge in [-0.1, -0.05) is 29.9 Å². The smallest absolute Gasteiger partial charge is 0.460 e. The van der Waals surface area contributed by atoms with Crippen LogP contribution in [0.4, 0.5) is 0 Å². The van der Waals surface area contributed by atoms with Crippen molar-refractivity contribution in [2.75, 3.05) is 0 Å². The molecule has 0 aliphatic heterocycles. The van der Waals surface area contributed by atoms with Crippen LogP contribution in [0.25, 0.3) is 17.0 Å². The van der Waals surface area contributed by atoms with Gasteiger partial charge >= 0.3 is 7.12 Å². The van der Waals surface area contributed by atoms with Gasteiger partial charge < -0.3 is 14.5 Å². The van der Waals surface area contributed by atoms with Crippen molar-refractivity contribution in [1.29, 1.82) is 0 Å². The van der Waals surface area contributed by atoms with Crippen LogP contribution < -0.4 is 5.46 Å². The van der Waals surface area contributed by atoms with Crippen LogP contribution in [0.15, 0.2) is 40.3 Å². The topological polar surface area (TPSA) is 53.6 Å². The molecule has 18 heavy (non-hydrogen) atoms. The van der Waals surface area contributed by atoms with Gasteiger partial charge in [0.1, 0.15) is 11.3 Å². The summed E-state index contributed by atoms with van der Waals surface area (Å²) >= 11 is 0. The Bertz CT molecular complexity index is 665. The maximum absolute atomic E-state index is 9.46. The van der Waals surface area contributed by atoms with Crippen LogP contribution in [0.2, 0.25) is 0 Å². The average Bonchev–Trinajstić information content (AvgIpc) is 2.57. The molecule has 2 N–H and O–H groups in total. The molecule has 0 bridgehead atoms. The first-order valence-corrected chi connectivity index (χ1v) is 5.92. The van der Waals surface area contributed by atoms with Gasteiger partial charge in [0.2, 0.25) is 0 Å². The van der Waals surface area contributed by atoms with Crippen LogP contribution in [-0.2, 0) is 6.42 Å². The Kier molecular flexibility index (Phi) is 2.61. The van der Waals surface area contributed by atoms with Gasteiger partial charge in [0.15, 0.2) is 0 Å². The SMILES string of the molecule is CC1=Cc2c(oc3cccc(B(O)O)c23)CC=C1. The lowest BCUT2D eigenvalue weighted by molar-refractivity contribution is 0.426. The number of allylic oxidation sites excluding steroid dienone is 3. The van der Waals surface area contributed by atoms with Gasteiger partial charge in [-0.2, -0.15) is 0 Å². The third-order valence-corrected chi connectivity index (χ3v) is 3.20. The molecule has 1 aromatic heterocycles. The van der Waals surface area contributed by atoms with E-state index in [1.165, 1.54) is 0 Å². The Hall–Kier alpha value is -1.78. The number of fused-ring (bicyclic) bond motifs is 3. The monoisotopic (exact) mass is 240 g/mol. The van der Waals surface area contributed by atoms with Crippen molar-refractivity contribution in [1.82, 2.24) is 0 Å². The summed E-state index contributed by atoms with van der Waals surface area (Å²) in [5, 5.41) is 19.7. The minimum absolute atomic E-state index is 0.489. The highest BCUT2D eigenvalue weighted by atomic mass is 16.4. The van der Waals surface area contributed by atoms with E-state index in [9.17, 15) is 10.0 Å². The van der Waals surface area contributed by atoms with Crippen LogP contribution in [0.3, 0.4) is 0 Å². The maximum Gasteiger partial charge on any atom is 0.489 e. The molecule has 1 aliphatic rings. The van der Waals surface area contributed by atoms with E-state index in [2.05, 4.69) is 6.08 Å². The fourth-order valence-electron chi connectivity index (χ4n) is 2.40. The fraction of sp³-hybridized carbons (Fsp3) is 0.143. The molecular formula is C14H13BO3. The molecule has 0 unspecified atom stereocenters. The van der Waals surface area contributed by atoms with E-state index in [4.69, 9.17) is 4.42 Å². The molecule has 4 heteroatoms. The van der Waals surface area contributed by atoms with Crippen LogP contribution >= 0.6 is 0 Å². The minimum Gasteiger partial charge on any atom is -0.460 e. The van der Waals surface area contributed by atoms with Gasteiger partial charge in [0, 0.05) is 17.4 Å². The highest BCUT2D eigenvalue weighted by Gasteiger charge is 2.21. The van der Waals surface area contributed by atoms with E-state index < -0.39 is 7.12 Å². The summed E-state index contributed by atoms with van der Waals surface area (Å²) in [4.78, 5) is 0. The zero-order valence-electron chi connectivity index (χ0n) is 10.1. The van der Waals surface area contributed by atoms with Gasteiger partial charge in [-0.25, -0.2) is 0 Å². The molecular weight excluding hydrogens is 227 g/mol. The largest absolute Gasteiger partial charge is 0.489 e. The van der Waals surface area contributed by atoms with Crippen LogP contribution in [0.5, 0.6) is 0 Å². The molecule has 1 heterocycles. The molecule has 2 aromatic rings. The molecule has 3 rings (SSSR count). The van der Waals surface area contributed by atoms with Gasteiger partial charge in [-0.05, 0) is 24.5 Å². The Balaban J connectivity index is 2.36. The quantitative estimate of drug-likeness (QED) is 0.745. The van der Waals surface area contributed by atoms with Crippen molar-refractivity contribution < 1.29 is 14.5 Å². The molecule has 0 saturated carbocycles. The van der Waals surface area contributed by atoms with E-state index in [0.29, 0.717) is 11.0 Å². The number of rotatable bonds is 1. The van der Waals surface area contributed by atoms with Crippen molar-refractivity contribution in [3.05, 3.63) is 47.2 Å². The molecule has 0 fully saturated rings. The predicted molar refractivity (Wildman–Crippen MR) is 72.5 cm³/mol. The van der Waals surface area contributed by atoms with Gasteiger partial charge in [-0.3, -0.25) is 0 Å². The molecule has 0 amide bonds. The van der Waals surface area contributed by atoms with Crippen LogP contribution in [-0.4, -0.2) is 17.2 Å². The third-order valence-electron chi connectivity index (χ3n) is 3.20. The lowest BCUT2D eigenvalue weighted by Gasteiger charge is -2.02. The predicted octanol–water partition coefficient (Wildman–Crippen LogP) is 1.63. The van der Waals surface area contributed by atoms with E-state index in [0.717, 1.165) is 28.7 Å². The molecule has 0 radical (unpaired) electrons. The highest BCUT2D eigenvalue weighted by Crippen LogP contribution is 2.29. The highest BCUT2D eigenvalue weighted by molar-refractivity contribution is 6.62. The molecule has 0 atom stereocenters. The van der Waals surface area contributed by atoms with Gasteiger partial charge in [0.25, 0.3) is 0 Å². The first-order chi connectivity index (χ1) is 8.66. The summed E-state index contributed by atoms with van der Waals surface area (Å²) in [6.45, 7) is 2.02. The van der Waals surface area contributed by atoms with Gasteiger partial charge in [0.05, 0.1) is 0 Å². The summed E-state index contributed by atoms with van der Waals surface area (Å²) in [6.07, 6.45) is 6.84. The molecule has 0 spiro atoms. The minimum atomic E-state index is -1.49. The van der Waals surface area contributed by atoms with Crippen molar-refractivity contribution in [2.45, 2.75) is 13.3 Å². The van der Waals surface area contributed by atoms with Crippen LogP contribution in [0.1, 0.15) is 18.2 Å². The number of hydrogen-bond acceptors (Lipinski definition) is 3. The Labute approximate surface area is 105 Å².